The zero-order chi connectivity index (χ0) is 18.3. The van der Waals surface area contributed by atoms with Gasteiger partial charge >= 0.3 is 6.18 Å². The van der Waals surface area contributed by atoms with Gasteiger partial charge in [-0.3, -0.25) is 4.99 Å². The number of nitrogens with zero attached hydrogens (tertiary/aromatic N) is 2. The molecule has 8 heteroatoms. The number of alkyl halides is 3. The molecule has 1 aromatic rings. The molecule has 148 valence electrons. The average molecular weight is 484 g/mol. The van der Waals surface area contributed by atoms with Crippen LogP contribution in [0.5, 0.6) is 0 Å². The van der Waals surface area contributed by atoms with E-state index in [1.807, 2.05) is 0 Å². The number of rotatable bonds is 6. The fourth-order valence-corrected chi connectivity index (χ4v) is 3.10. The van der Waals surface area contributed by atoms with Crippen LogP contribution in [0, 0.1) is 0 Å². The molecule has 1 aliphatic rings. The van der Waals surface area contributed by atoms with E-state index in [0.29, 0.717) is 18.5 Å². The molecule has 1 fully saturated rings. The van der Waals surface area contributed by atoms with E-state index in [1.165, 1.54) is 37.8 Å². The summed E-state index contributed by atoms with van der Waals surface area (Å²) >= 11 is 0. The van der Waals surface area contributed by atoms with Crippen LogP contribution in [-0.2, 0) is 12.7 Å². The van der Waals surface area contributed by atoms with Crippen molar-refractivity contribution in [2.75, 3.05) is 27.2 Å². The lowest BCUT2D eigenvalue weighted by Gasteiger charge is -2.24. The summed E-state index contributed by atoms with van der Waals surface area (Å²) in [6, 6.07) is 5.85. The van der Waals surface area contributed by atoms with E-state index in [2.05, 4.69) is 27.6 Å². The minimum Gasteiger partial charge on any atom is -0.355 e. The number of nitrogens with one attached hydrogen (secondary N) is 2. The van der Waals surface area contributed by atoms with Crippen LogP contribution in [0.2, 0.25) is 0 Å². The third-order valence-electron chi connectivity index (χ3n) is 4.67. The normalized spacial score (nSPS) is 15.8. The molecule has 1 aromatic carbocycles. The van der Waals surface area contributed by atoms with Crippen LogP contribution < -0.4 is 10.6 Å². The molecular formula is C18H28F3IN4. The Balaban J connectivity index is 0.00000338. The average Bonchev–Trinajstić information content (AvgIpc) is 3.12. The number of aliphatic imine (C=N–C) groups is 1. The van der Waals surface area contributed by atoms with Crippen molar-refractivity contribution in [2.45, 2.75) is 44.4 Å². The van der Waals surface area contributed by atoms with Crippen LogP contribution in [0.25, 0.3) is 0 Å². The predicted molar refractivity (Wildman–Crippen MR) is 110 cm³/mol. The van der Waals surface area contributed by atoms with E-state index < -0.39 is 11.7 Å². The van der Waals surface area contributed by atoms with E-state index in [4.69, 9.17) is 0 Å². The highest BCUT2D eigenvalue weighted by Crippen LogP contribution is 2.29. The second-order valence-corrected chi connectivity index (χ2v) is 6.47. The predicted octanol–water partition coefficient (Wildman–Crippen LogP) is 3.86. The molecule has 1 saturated carbocycles. The van der Waals surface area contributed by atoms with Crippen molar-refractivity contribution in [2.24, 2.45) is 4.99 Å². The Morgan fingerprint density at radius 3 is 2.31 bits per heavy atom. The summed E-state index contributed by atoms with van der Waals surface area (Å²) in [5.41, 5.74) is 0.146. The first-order valence-corrected chi connectivity index (χ1v) is 8.71. The Morgan fingerprint density at radius 2 is 1.77 bits per heavy atom. The van der Waals surface area contributed by atoms with Crippen LogP contribution in [-0.4, -0.2) is 44.1 Å². The Bertz CT molecular complexity index is 555. The van der Waals surface area contributed by atoms with E-state index in [9.17, 15) is 13.2 Å². The quantitative estimate of drug-likeness (QED) is 0.366. The van der Waals surface area contributed by atoms with Crippen molar-refractivity contribution >= 4 is 29.9 Å². The van der Waals surface area contributed by atoms with Gasteiger partial charge in [0.15, 0.2) is 5.96 Å². The lowest BCUT2D eigenvalue weighted by Crippen LogP contribution is -2.42. The second-order valence-electron chi connectivity index (χ2n) is 6.47. The van der Waals surface area contributed by atoms with E-state index in [0.717, 1.165) is 30.8 Å². The summed E-state index contributed by atoms with van der Waals surface area (Å²) < 4.78 is 37.7. The van der Waals surface area contributed by atoms with Gasteiger partial charge in [-0.05, 0) is 37.6 Å². The molecule has 0 saturated heterocycles. The molecule has 0 aromatic heterocycles. The Hall–Kier alpha value is -1.03. The van der Waals surface area contributed by atoms with Crippen LogP contribution in [0.1, 0.15) is 36.8 Å². The van der Waals surface area contributed by atoms with Crippen molar-refractivity contribution in [3.05, 3.63) is 35.4 Å². The van der Waals surface area contributed by atoms with Gasteiger partial charge in [0.05, 0.1) is 5.56 Å². The molecule has 0 spiro atoms. The van der Waals surface area contributed by atoms with Gasteiger partial charge in [0.2, 0.25) is 0 Å². The molecule has 1 aliphatic carbocycles. The van der Waals surface area contributed by atoms with Gasteiger partial charge in [0.1, 0.15) is 0 Å². The highest BCUT2D eigenvalue weighted by atomic mass is 127. The van der Waals surface area contributed by atoms with Crippen molar-refractivity contribution in [3.8, 4) is 0 Å². The van der Waals surface area contributed by atoms with Gasteiger partial charge in [-0.15, -0.1) is 24.0 Å². The minimum atomic E-state index is -4.30. The summed E-state index contributed by atoms with van der Waals surface area (Å²) in [4.78, 5) is 6.53. The van der Waals surface area contributed by atoms with Crippen LogP contribution in [0.15, 0.2) is 29.3 Å². The molecule has 26 heavy (non-hydrogen) atoms. The molecule has 0 bridgehead atoms. The topological polar surface area (TPSA) is 39.7 Å². The van der Waals surface area contributed by atoms with Crippen LogP contribution in [0.3, 0.4) is 0 Å². The molecule has 0 unspecified atom stereocenters. The fourth-order valence-electron chi connectivity index (χ4n) is 3.10. The summed E-state index contributed by atoms with van der Waals surface area (Å²) in [6.45, 7) is 2.14. The van der Waals surface area contributed by atoms with Gasteiger partial charge in [-0.25, -0.2) is 0 Å². The summed E-state index contributed by atoms with van der Waals surface area (Å²) in [6.07, 6.45) is 0.890. The number of guanidine groups is 1. The SMILES string of the molecule is CN=C(NCCN(C)C1CCCC1)NCc1ccc(C(F)(F)F)cc1.I. The van der Waals surface area contributed by atoms with Crippen LogP contribution in [0.4, 0.5) is 13.2 Å². The molecule has 0 atom stereocenters. The number of halogens is 4. The second kappa shape index (κ2) is 11.0. The fraction of sp³-hybridized carbons (Fsp3) is 0.611. The third-order valence-corrected chi connectivity index (χ3v) is 4.67. The van der Waals surface area contributed by atoms with Gasteiger partial charge in [0.25, 0.3) is 0 Å². The molecule has 2 N–H and O–H groups in total. The van der Waals surface area contributed by atoms with Crippen molar-refractivity contribution in [3.63, 3.8) is 0 Å². The number of hydrogen-bond acceptors (Lipinski definition) is 2. The standard InChI is InChI=1S/C18H27F3N4.HI/c1-22-17(23-11-12-25(2)16-5-3-4-6-16)24-13-14-7-9-15(10-8-14)18(19,20)21;/h7-10,16H,3-6,11-13H2,1-2H3,(H2,22,23,24);1H. The van der Waals surface area contributed by atoms with Gasteiger partial charge in [-0.2, -0.15) is 13.2 Å². The maximum Gasteiger partial charge on any atom is 0.416 e. The third kappa shape index (κ3) is 7.30. The summed E-state index contributed by atoms with van der Waals surface area (Å²) in [7, 11) is 3.83. The minimum absolute atomic E-state index is 0. The molecule has 0 radical (unpaired) electrons. The highest BCUT2D eigenvalue weighted by Gasteiger charge is 2.29. The number of hydrogen-bond donors (Lipinski definition) is 2. The first kappa shape index (κ1) is 23.0. The summed E-state index contributed by atoms with van der Waals surface area (Å²) in [5.74, 6) is 0.653. The van der Waals surface area contributed by atoms with E-state index in [1.54, 1.807) is 7.05 Å². The number of likely N-dealkylation sites (N-methyl/N-ethyl adjacent to an activating group) is 1. The van der Waals surface area contributed by atoms with Gasteiger partial charge < -0.3 is 15.5 Å². The van der Waals surface area contributed by atoms with E-state index in [-0.39, 0.29) is 24.0 Å². The largest absolute Gasteiger partial charge is 0.416 e. The Morgan fingerprint density at radius 1 is 1.15 bits per heavy atom. The molecule has 0 aliphatic heterocycles. The highest BCUT2D eigenvalue weighted by molar-refractivity contribution is 14.0. The van der Waals surface area contributed by atoms with Gasteiger partial charge in [-0.1, -0.05) is 25.0 Å². The zero-order valence-corrected chi connectivity index (χ0v) is 17.6. The number of benzene rings is 1. The lowest BCUT2D eigenvalue weighted by molar-refractivity contribution is -0.137. The molecule has 0 heterocycles. The Labute approximate surface area is 170 Å². The zero-order valence-electron chi connectivity index (χ0n) is 15.3. The maximum absolute atomic E-state index is 12.6. The molecule has 2 rings (SSSR count). The van der Waals surface area contributed by atoms with Crippen molar-refractivity contribution in [1.29, 1.82) is 0 Å². The first-order chi connectivity index (χ1) is 11.9. The maximum atomic E-state index is 12.6. The monoisotopic (exact) mass is 484 g/mol. The Kier molecular flexibility index (Phi) is 9.70. The van der Waals surface area contributed by atoms with Crippen molar-refractivity contribution in [1.82, 2.24) is 15.5 Å². The lowest BCUT2D eigenvalue weighted by atomic mass is 10.1. The molecule has 0 amide bonds. The van der Waals surface area contributed by atoms with Gasteiger partial charge in [0, 0.05) is 32.7 Å². The molecular weight excluding hydrogens is 456 g/mol. The van der Waals surface area contributed by atoms with Crippen LogP contribution >= 0.6 is 24.0 Å². The smallest absolute Gasteiger partial charge is 0.355 e. The van der Waals surface area contributed by atoms with Crippen molar-refractivity contribution < 1.29 is 13.2 Å². The van der Waals surface area contributed by atoms with E-state index >= 15 is 0 Å². The molecule has 4 nitrogen and oxygen atoms in total. The first-order valence-electron chi connectivity index (χ1n) is 8.71. The summed E-state index contributed by atoms with van der Waals surface area (Å²) in [5, 5.41) is 6.37.